The number of rotatable bonds is 4. The second-order valence-corrected chi connectivity index (χ2v) is 7.41. The normalized spacial score (nSPS) is 18.7. The number of aryl methyl sites for hydroxylation is 1. The van der Waals surface area contributed by atoms with Crippen molar-refractivity contribution in [2.75, 3.05) is 31.1 Å². The van der Waals surface area contributed by atoms with Crippen molar-refractivity contribution in [3.63, 3.8) is 0 Å². The largest absolute Gasteiger partial charge is 0.493 e. The highest BCUT2D eigenvalue weighted by atomic mass is 16.5. The number of anilines is 1. The second-order valence-electron chi connectivity index (χ2n) is 7.41. The van der Waals surface area contributed by atoms with E-state index in [4.69, 9.17) is 4.74 Å². The standard InChI is InChI=1S/C22H25N3O3/c1-15-6-7-18(13-19(15)25-10-9-23-22(25)27)21(26)24-14-16-8-11-28-20-5-3-2-4-17(20)12-16/h2-7,13,16H,8-12,14H2,1H3,(H,23,27)(H,24,26)/t16-/m1/s1. The van der Waals surface area contributed by atoms with Crippen LogP contribution < -0.4 is 20.3 Å². The van der Waals surface area contributed by atoms with Crippen LogP contribution >= 0.6 is 0 Å². The summed E-state index contributed by atoms with van der Waals surface area (Å²) in [5.74, 6) is 1.17. The first kappa shape index (κ1) is 18.3. The monoisotopic (exact) mass is 379 g/mol. The van der Waals surface area contributed by atoms with Crippen LogP contribution in [0.15, 0.2) is 42.5 Å². The number of para-hydroxylation sites is 1. The summed E-state index contributed by atoms with van der Waals surface area (Å²) >= 11 is 0. The summed E-state index contributed by atoms with van der Waals surface area (Å²) in [7, 11) is 0. The molecule has 0 spiro atoms. The van der Waals surface area contributed by atoms with E-state index in [1.54, 1.807) is 11.0 Å². The van der Waals surface area contributed by atoms with E-state index < -0.39 is 0 Å². The Morgan fingerprint density at radius 3 is 2.96 bits per heavy atom. The lowest BCUT2D eigenvalue weighted by atomic mass is 9.96. The Labute approximate surface area is 164 Å². The SMILES string of the molecule is Cc1ccc(C(=O)NC[C@@H]2CCOc3ccccc3C2)cc1N1CCNC1=O. The van der Waals surface area contributed by atoms with Gasteiger partial charge in [-0.25, -0.2) is 4.79 Å². The second kappa shape index (κ2) is 7.92. The van der Waals surface area contributed by atoms with Gasteiger partial charge in [-0.2, -0.15) is 0 Å². The number of urea groups is 1. The van der Waals surface area contributed by atoms with Gasteiger partial charge < -0.3 is 15.4 Å². The van der Waals surface area contributed by atoms with Gasteiger partial charge in [0.15, 0.2) is 0 Å². The van der Waals surface area contributed by atoms with Crippen molar-refractivity contribution in [3.8, 4) is 5.75 Å². The molecule has 0 bridgehead atoms. The topological polar surface area (TPSA) is 70.7 Å². The summed E-state index contributed by atoms with van der Waals surface area (Å²) in [6.07, 6.45) is 1.80. The fraction of sp³-hybridized carbons (Fsp3) is 0.364. The Kier molecular flexibility index (Phi) is 5.19. The highest BCUT2D eigenvalue weighted by Gasteiger charge is 2.24. The van der Waals surface area contributed by atoms with E-state index in [1.165, 1.54) is 5.56 Å². The molecule has 146 valence electrons. The van der Waals surface area contributed by atoms with Crippen LogP contribution in [0.4, 0.5) is 10.5 Å². The fourth-order valence-electron chi connectivity index (χ4n) is 3.82. The lowest BCUT2D eigenvalue weighted by Gasteiger charge is -2.19. The summed E-state index contributed by atoms with van der Waals surface area (Å²) in [6, 6.07) is 13.5. The van der Waals surface area contributed by atoms with Crippen molar-refractivity contribution in [2.24, 2.45) is 5.92 Å². The zero-order chi connectivity index (χ0) is 19.5. The average molecular weight is 379 g/mol. The highest BCUT2D eigenvalue weighted by molar-refractivity contribution is 5.99. The minimum atomic E-state index is -0.113. The molecule has 2 N–H and O–H groups in total. The maximum Gasteiger partial charge on any atom is 0.322 e. The lowest BCUT2D eigenvalue weighted by Crippen LogP contribution is -2.31. The van der Waals surface area contributed by atoms with Gasteiger partial charge >= 0.3 is 6.03 Å². The molecule has 2 heterocycles. The number of fused-ring (bicyclic) bond motifs is 1. The van der Waals surface area contributed by atoms with Crippen LogP contribution in [0.1, 0.15) is 27.9 Å². The third-order valence-electron chi connectivity index (χ3n) is 5.44. The molecule has 4 rings (SSSR count). The molecule has 0 radical (unpaired) electrons. The van der Waals surface area contributed by atoms with Crippen molar-refractivity contribution in [1.82, 2.24) is 10.6 Å². The van der Waals surface area contributed by atoms with Crippen LogP contribution in [0.2, 0.25) is 0 Å². The van der Waals surface area contributed by atoms with Crippen LogP contribution in [-0.4, -0.2) is 38.2 Å². The molecule has 2 aromatic carbocycles. The van der Waals surface area contributed by atoms with Gasteiger partial charge in [-0.1, -0.05) is 24.3 Å². The molecule has 3 amide bonds. The quantitative estimate of drug-likeness (QED) is 0.858. The smallest absolute Gasteiger partial charge is 0.322 e. The first-order valence-corrected chi connectivity index (χ1v) is 9.77. The number of benzene rings is 2. The van der Waals surface area contributed by atoms with Crippen LogP contribution in [-0.2, 0) is 6.42 Å². The third-order valence-corrected chi connectivity index (χ3v) is 5.44. The maximum atomic E-state index is 12.7. The molecule has 1 atom stereocenters. The zero-order valence-electron chi connectivity index (χ0n) is 16.0. The fourth-order valence-corrected chi connectivity index (χ4v) is 3.82. The zero-order valence-corrected chi connectivity index (χ0v) is 16.0. The number of nitrogens with one attached hydrogen (secondary N) is 2. The molecule has 0 aromatic heterocycles. The number of ether oxygens (including phenoxy) is 1. The third kappa shape index (κ3) is 3.81. The molecular weight excluding hydrogens is 354 g/mol. The van der Waals surface area contributed by atoms with Crippen LogP contribution in [0.3, 0.4) is 0 Å². The minimum Gasteiger partial charge on any atom is -0.493 e. The lowest BCUT2D eigenvalue weighted by molar-refractivity contribution is 0.0945. The van der Waals surface area contributed by atoms with Gasteiger partial charge in [0.2, 0.25) is 0 Å². The maximum absolute atomic E-state index is 12.7. The predicted molar refractivity (Wildman–Crippen MR) is 108 cm³/mol. The van der Waals surface area contributed by atoms with E-state index >= 15 is 0 Å². The molecule has 2 aromatic rings. The predicted octanol–water partition coefficient (Wildman–Crippen LogP) is 2.90. The van der Waals surface area contributed by atoms with Crippen molar-refractivity contribution in [2.45, 2.75) is 19.8 Å². The Morgan fingerprint density at radius 1 is 1.29 bits per heavy atom. The molecule has 1 saturated heterocycles. The number of carbonyl (C=O) groups is 2. The van der Waals surface area contributed by atoms with Crippen molar-refractivity contribution in [1.29, 1.82) is 0 Å². The average Bonchev–Trinajstić information content (AvgIpc) is 3.01. The van der Waals surface area contributed by atoms with Gasteiger partial charge in [0.1, 0.15) is 5.75 Å². The van der Waals surface area contributed by atoms with E-state index in [0.717, 1.165) is 29.8 Å². The van der Waals surface area contributed by atoms with Gasteiger partial charge in [0, 0.05) is 30.9 Å². The number of amides is 3. The van der Waals surface area contributed by atoms with Gasteiger partial charge in [-0.05, 0) is 55.0 Å². The highest BCUT2D eigenvalue weighted by Crippen LogP contribution is 2.27. The molecule has 0 unspecified atom stereocenters. The van der Waals surface area contributed by atoms with E-state index in [2.05, 4.69) is 16.7 Å². The van der Waals surface area contributed by atoms with Crippen molar-refractivity contribution in [3.05, 3.63) is 59.2 Å². The number of nitrogens with zero attached hydrogens (tertiary/aromatic N) is 1. The number of hydrogen-bond acceptors (Lipinski definition) is 3. The molecule has 0 saturated carbocycles. The number of carbonyl (C=O) groups excluding carboxylic acids is 2. The summed E-state index contributed by atoms with van der Waals surface area (Å²) in [5.41, 5.74) is 3.54. The van der Waals surface area contributed by atoms with E-state index in [-0.39, 0.29) is 11.9 Å². The molecule has 6 heteroatoms. The van der Waals surface area contributed by atoms with E-state index in [1.807, 2.05) is 37.3 Å². The first-order valence-electron chi connectivity index (χ1n) is 9.77. The molecule has 0 aliphatic carbocycles. The number of hydrogen-bond donors (Lipinski definition) is 2. The van der Waals surface area contributed by atoms with Crippen LogP contribution in [0.5, 0.6) is 5.75 Å². The molecule has 28 heavy (non-hydrogen) atoms. The van der Waals surface area contributed by atoms with Crippen LogP contribution in [0.25, 0.3) is 0 Å². The minimum absolute atomic E-state index is 0.112. The van der Waals surface area contributed by atoms with Gasteiger partial charge in [-0.3, -0.25) is 9.69 Å². The Balaban J connectivity index is 1.42. The molecule has 2 aliphatic heterocycles. The summed E-state index contributed by atoms with van der Waals surface area (Å²) < 4.78 is 5.81. The first-order chi connectivity index (χ1) is 13.6. The van der Waals surface area contributed by atoms with Gasteiger partial charge in [0.05, 0.1) is 6.61 Å². The molecule has 6 nitrogen and oxygen atoms in total. The Bertz CT molecular complexity index is 896. The molecular formula is C22H25N3O3. The molecule has 1 fully saturated rings. The van der Waals surface area contributed by atoms with Gasteiger partial charge in [0.25, 0.3) is 5.91 Å². The summed E-state index contributed by atoms with van der Waals surface area (Å²) in [6.45, 7) is 4.46. The van der Waals surface area contributed by atoms with Crippen LogP contribution in [0, 0.1) is 12.8 Å². The van der Waals surface area contributed by atoms with Crippen molar-refractivity contribution < 1.29 is 14.3 Å². The van der Waals surface area contributed by atoms with E-state index in [9.17, 15) is 9.59 Å². The molecule has 2 aliphatic rings. The Morgan fingerprint density at radius 2 is 2.14 bits per heavy atom. The summed E-state index contributed by atoms with van der Waals surface area (Å²) in [4.78, 5) is 26.4. The van der Waals surface area contributed by atoms with E-state index in [0.29, 0.717) is 37.7 Å². The Hall–Kier alpha value is -3.02. The van der Waals surface area contributed by atoms with Gasteiger partial charge in [-0.15, -0.1) is 0 Å². The summed E-state index contributed by atoms with van der Waals surface area (Å²) in [5, 5.41) is 5.86. The van der Waals surface area contributed by atoms with Crippen molar-refractivity contribution >= 4 is 17.6 Å².